The number of nitrogens with zero attached hydrogens (tertiary/aromatic N) is 2. The highest BCUT2D eigenvalue weighted by molar-refractivity contribution is 8.21. The molecule has 3 aromatic rings. The molecule has 4 rings (SSSR count). The highest BCUT2D eigenvalue weighted by atomic mass is 32.2. The summed E-state index contributed by atoms with van der Waals surface area (Å²) in [5.74, 6) is 2.19. The Morgan fingerprint density at radius 2 is 1.90 bits per heavy atom. The molecule has 1 amide bonds. The molecule has 1 aliphatic heterocycles. The molecule has 0 aliphatic carbocycles. The van der Waals surface area contributed by atoms with Crippen molar-refractivity contribution in [1.82, 2.24) is 9.99 Å². The van der Waals surface area contributed by atoms with Crippen LogP contribution in [0.3, 0.4) is 0 Å². The van der Waals surface area contributed by atoms with Gasteiger partial charge >= 0.3 is 0 Å². The van der Waals surface area contributed by atoms with Gasteiger partial charge in [-0.25, -0.2) is 5.43 Å². The summed E-state index contributed by atoms with van der Waals surface area (Å²) in [5.41, 5.74) is 7.39. The second-order valence-electron chi connectivity index (χ2n) is 7.52. The fourth-order valence-electron chi connectivity index (χ4n) is 3.56. The summed E-state index contributed by atoms with van der Waals surface area (Å²) in [6.07, 6.45) is 4.34. The van der Waals surface area contributed by atoms with Crippen LogP contribution in [0.5, 0.6) is 0 Å². The number of nitrogens with one attached hydrogen (secondary N) is 1. The van der Waals surface area contributed by atoms with E-state index < -0.39 is 0 Å². The minimum absolute atomic E-state index is 0.0241. The SMILES string of the molecule is Cc1ccc(Cn2cc(/C=N\NC(=O)CC3(C)SCCS3)c3ccccc32)cc1. The molecule has 6 heteroatoms. The van der Waals surface area contributed by atoms with E-state index in [1.165, 1.54) is 11.1 Å². The number of rotatable bonds is 6. The molecule has 0 unspecified atom stereocenters. The largest absolute Gasteiger partial charge is 0.342 e. The van der Waals surface area contributed by atoms with Crippen LogP contribution < -0.4 is 5.43 Å². The number of carbonyl (C=O) groups is 1. The molecular formula is C23H25N3OS2. The Bertz CT molecular complexity index is 1030. The van der Waals surface area contributed by atoms with E-state index in [4.69, 9.17) is 0 Å². The van der Waals surface area contributed by atoms with E-state index in [0.717, 1.165) is 34.5 Å². The van der Waals surface area contributed by atoms with Crippen LogP contribution in [0.4, 0.5) is 0 Å². The van der Waals surface area contributed by atoms with Gasteiger partial charge in [0.05, 0.1) is 16.7 Å². The molecule has 0 saturated carbocycles. The Labute approximate surface area is 180 Å². The molecule has 0 bridgehead atoms. The van der Waals surface area contributed by atoms with Crippen LogP contribution >= 0.6 is 23.5 Å². The first-order chi connectivity index (χ1) is 14.0. The number of para-hydroxylation sites is 1. The summed E-state index contributed by atoms with van der Waals surface area (Å²) < 4.78 is 2.21. The first kappa shape index (κ1) is 20.1. The van der Waals surface area contributed by atoms with E-state index in [1.807, 2.05) is 35.7 Å². The maximum atomic E-state index is 12.3. The molecule has 0 radical (unpaired) electrons. The standard InChI is InChI=1S/C23H25N3OS2/c1-17-7-9-18(10-8-17)15-26-16-19(20-5-3-4-6-21(20)26)14-24-25-22(27)13-23(2)28-11-12-29-23/h3-10,14,16H,11-13,15H2,1-2H3,(H,25,27)/b24-14-. The number of thioether (sulfide) groups is 2. The number of hydrogen-bond donors (Lipinski definition) is 1. The predicted molar refractivity (Wildman–Crippen MR) is 126 cm³/mol. The molecule has 1 N–H and O–H groups in total. The van der Waals surface area contributed by atoms with Crippen molar-refractivity contribution in [1.29, 1.82) is 0 Å². The number of aromatic nitrogens is 1. The van der Waals surface area contributed by atoms with Gasteiger partial charge in [0.1, 0.15) is 0 Å². The van der Waals surface area contributed by atoms with Gasteiger partial charge in [-0.1, -0.05) is 48.0 Å². The van der Waals surface area contributed by atoms with Crippen molar-refractivity contribution in [2.75, 3.05) is 11.5 Å². The van der Waals surface area contributed by atoms with Crippen LogP contribution in [0, 0.1) is 6.92 Å². The lowest BCUT2D eigenvalue weighted by Gasteiger charge is -2.19. The topological polar surface area (TPSA) is 46.4 Å². The number of aryl methyl sites for hydroxylation is 1. The molecule has 1 fully saturated rings. The van der Waals surface area contributed by atoms with Crippen LogP contribution in [-0.4, -0.2) is 32.3 Å². The Kier molecular flexibility index (Phi) is 6.01. The lowest BCUT2D eigenvalue weighted by Crippen LogP contribution is -2.26. The highest BCUT2D eigenvalue weighted by Gasteiger charge is 2.32. The van der Waals surface area contributed by atoms with E-state index in [0.29, 0.717) is 6.42 Å². The van der Waals surface area contributed by atoms with Crippen LogP contribution in [-0.2, 0) is 11.3 Å². The van der Waals surface area contributed by atoms with Crippen molar-refractivity contribution in [3.63, 3.8) is 0 Å². The maximum absolute atomic E-state index is 12.3. The fraction of sp³-hybridized carbons (Fsp3) is 0.304. The molecule has 1 saturated heterocycles. The van der Waals surface area contributed by atoms with E-state index in [-0.39, 0.29) is 9.99 Å². The smallest absolute Gasteiger partial charge is 0.242 e. The van der Waals surface area contributed by atoms with Crippen molar-refractivity contribution in [3.05, 3.63) is 71.4 Å². The molecular weight excluding hydrogens is 398 g/mol. The first-order valence-corrected chi connectivity index (χ1v) is 11.7. The third-order valence-electron chi connectivity index (χ3n) is 5.07. The summed E-state index contributed by atoms with van der Waals surface area (Å²) in [4.78, 5) is 12.3. The van der Waals surface area contributed by atoms with Gasteiger partial charge in [-0.15, -0.1) is 23.5 Å². The third-order valence-corrected chi connectivity index (χ3v) is 8.36. The van der Waals surface area contributed by atoms with Crippen LogP contribution in [0.1, 0.15) is 30.0 Å². The van der Waals surface area contributed by atoms with Gasteiger partial charge in [-0.05, 0) is 25.5 Å². The second-order valence-corrected chi connectivity index (χ2v) is 11.0. The van der Waals surface area contributed by atoms with Crippen molar-refractivity contribution in [3.8, 4) is 0 Å². The molecule has 1 aromatic heterocycles. The molecule has 150 valence electrons. The monoisotopic (exact) mass is 423 g/mol. The Balaban J connectivity index is 1.49. The number of carbonyl (C=O) groups excluding carboxylic acids is 1. The van der Waals surface area contributed by atoms with E-state index in [2.05, 4.69) is 71.5 Å². The molecule has 1 aliphatic rings. The van der Waals surface area contributed by atoms with E-state index >= 15 is 0 Å². The normalized spacial score (nSPS) is 15.9. The van der Waals surface area contributed by atoms with Crippen molar-refractivity contribution in [2.45, 2.75) is 30.9 Å². The summed E-state index contributed by atoms with van der Waals surface area (Å²) >= 11 is 3.71. The van der Waals surface area contributed by atoms with E-state index in [1.54, 1.807) is 6.21 Å². The number of hydrazone groups is 1. The minimum Gasteiger partial charge on any atom is -0.342 e. The minimum atomic E-state index is -0.0333. The summed E-state index contributed by atoms with van der Waals surface area (Å²) in [6.45, 7) is 5.03. The lowest BCUT2D eigenvalue weighted by atomic mass is 10.1. The summed E-state index contributed by atoms with van der Waals surface area (Å²) in [5, 5.41) is 5.37. The van der Waals surface area contributed by atoms with Gasteiger partial charge in [0.15, 0.2) is 0 Å². The molecule has 0 atom stereocenters. The van der Waals surface area contributed by atoms with Gasteiger partial charge < -0.3 is 4.57 Å². The Morgan fingerprint density at radius 1 is 1.17 bits per heavy atom. The molecule has 2 aromatic carbocycles. The quantitative estimate of drug-likeness (QED) is 0.447. The second kappa shape index (κ2) is 8.67. The zero-order valence-corrected chi connectivity index (χ0v) is 18.4. The molecule has 2 heterocycles. The lowest BCUT2D eigenvalue weighted by molar-refractivity contribution is -0.121. The zero-order valence-electron chi connectivity index (χ0n) is 16.7. The first-order valence-electron chi connectivity index (χ1n) is 9.76. The third kappa shape index (κ3) is 4.87. The van der Waals surface area contributed by atoms with Gasteiger partial charge in [0, 0.05) is 40.7 Å². The number of benzene rings is 2. The molecule has 0 spiro atoms. The molecule has 4 nitrogen and oxygen atoms in total. The van der Waals surface area contributed by atoms with Crippen molar-refractivity contribution < 1.29 is 4.79 Å². The Hall–Kier alpha value is -2.18. The van der Waals surface area contributed by atoms with E-state index in [9.17, 15) is 4.79 Å². The summed E-state index contributed by atoms with van der Waals surface area (Å²) in [6, 6.07) is 16.9. The average molecular weight is 424 g/mol. The number of hydrogen-bond acceptors (Lipinski definition) is 4. The highest BCUT2D eigenvalue weighted by Crippen LogP contribution is 2.45. The maximum Gasteiger partial charge on any atom is 0.242 e. The van der Waals surface area contributed by atoms with Gasteiger partial charge in [-0.3, -0.25) is 4.79 Å². The van der Waals surface area contributed by atoms with Gasteiger partial charge in [0.25, 0.3) is 0 Å². The fourth-order valence-corrected chi connectivity index (χ4v) is 6.39. The zero-order chi connectivity index (χ0) is 20.3. The predicted octanol–water partition coefficient (Wildman–Crippen LogP) is 5.03. The molecule has 29 heavy (non-hydrogen) atoms. The van der Waals surface area contributed by atoms with Crippen molar-refractivity contribution >= 4 is 46.5 Å². The van der Waals surface area contributed by atoms with Crippen LogP contribution in [0.2, 0.25) is 0 Å². The summed E-state index contributed by atoms with van der Waals surface area (Å²) in [7, 11) is 0. The van der Waals surface area contributed by atoms with Gasteiger partial charge in [0.2, 0.25) is 5.91 Å². The van der Waals surface area contributed by atoms with Crippen LogP contribution in [0.25, 0.3) is 10.9 Å². The number of amides is 1. The number of fused-ring (bicyclic) bond motifs is 1. The average Bonchev–Trinajstić information content (AvgIpc) is 3.28. The Morgan fingerprint density at radius 3 is 2.66 bits per heavy atom. The van der Waals surface area contributed by atoms with Crippen molar-refractivity contribution in [2.24, 2.45) is 5.10 Å². The van der Waals surface area contributed by atoms with Gasteiger partial charge in [-0.2, -0.15) is 5.10 Å². The van der Waals surface area contributed by atoms with Crippen LogP contribution in [0.15, 0.2) is 59.8 Å².